The van der Waals surface area contributed by atoms with Gasteiger partial charge in [0.1, 0.15) is 5.82 Å². The molecule has 2 heterocycles. The van der Waals surface area contributed by atoms with Crippen LogP contribution in [0.3, 0.4) is 0 Å². The molecule has 2 N–H and O–H groups in total. The fourth-order valence-corrected chi connectivity index (χ4v) is 3.29. The summed E-state index contributed by atoms with van der Waals surface area (Å²) in [7, 11) is 0. The van der Waals surface area contributed by atoms with E-state index in [2.05, 4.69) is 15.2 Å². The van der Waals surface area contributed by atoms with E-state index in [9.17, 15) is 0 Å². The molecule has 0 unspecified atom stereocenters. The number of nitrogens with two attached hydrogens (primary N) is 1. The molecule has 2 aromatic rings. The summed E-state index contributed by atoms with van der Waals surface area (Å²) in [4.78, 5) is 4.03. The number of anilines is 1. The minimum atomic E-state index is 0.465. The Morgan fingerprint density at radius 1 is 1.25 bits per heavy atom. The van der Waals surface area contributed by atoms with Crippen molar-refractivity contribution in [2.45, 2.75) is 25.2 Å². The molecule has 3 atom stereocenters. The Balaban J connectivity index is 1.84. The van der Waals surface area contributed by atoms with Crippen LogP contribution >= 0.6 is 0 Å². The van der Waals surface area contributed by atoms with Crippen LogP contribution in [0.25, 0.3) is 5.65 Å². The smallest absolute Gasteiger partial charge is 0.203 e. The fraction of sp³-hybridized carbons (Fsp3) is 0.545. The first-order chi connectivity index (χ1) is 7.86. The molecule has 0 aliphatic heterocycles. The lowest BCUT2D eigenvalue weighted by atomic mass is 10.1. The lowest BCUT2D eigenvalue weighted by Crippen LogP contribution is -1.99. The van der Waals surface area contributed by atoms with Gasteiger partial charge in [-0.3, -0.25) is 4.40 Å². The molecule has 4 rings (SSSR count). The second-order valence-electron chi connectivity index (χ2n) is 4.85. The van der Waals surface area contributed by atoms with Crippen molar-refractivity contribution in [3.63, 3.8) is 0 Å². The number of rotatable bonds is 1. The number of hydrogen-bond acceptors (Lipinski definition) is 4. The third-order valence-electron chi connectivity index (χ3n) is 4.09. The molecular weight excluding hydrogens is 202 g/mol. The summed E-state index contributed by atoms with van der Waals surface area (Å²) in [5, 5.41) is 8.43. The van der Waals surface area contributed by atoms with Gasteiger partial charge in [-0.25, -0.2) is 4.98 Å². The molecule has 0 spiro atoms. The van der Waals surface area contributed by atoms with Crippen molar-refractivity contribution in [1.29, 1.82) is 0 Å². The van der Waals surface area contributed by atoms with Gasteiger partial charge in [-0.1, -0.05) is 6.42 Å². The van der Waals surface area contributed by atoms with Crippen molar-refractivity contribution in [3.8, 4) is 0 Å². The number of fused-ring (bicyclic) bond motifs is 2. The maximum atomic E-state index is 5.77. The number of nitrogens with zero attached hydrogens (tertiary/aromatic N) is 4. The number of hydrogen-bond donors (Lipinski definition) is 1. The molecule has 0 saturated heterocycles. The van der Waals surface area contributed by atoms with Gasteiger partial charge < -0.3 is 5.73 Å². The van der Waals surface area contributed by atoms with E-state index < -0.39 is 0 Å². The van der Waals surface area contributed by atoms with Gasteiger partial charge in [0.15, 0.2) is 5.82 Å². The maximum absolute atomic E-state index is 5.77. The highest BCUT2D eigenvalue weighted by Gasteiger charge is 2.55. The second-order valence-corrected chi connectivity index (χ2v) is 4.85. The van der Waals surface area contributed by atoms with Crippen LogP contribution < -0.4 is 5.73 Å². The predicted octanol–water partition coefficient (Wildman–Crippen LogP) is 1.22. The SMILES string of the molecule is Nc1nccn2c([C@@H]3[C@@H]4CCC[C@@H]43)nnc12. The van der Waals surface area contributed by atoms with E-state index in [0.717, 1.165) is 17.7 Å². The Morgan fingerprint density at radius 2 is 2.06 bits per heavy atom. The fourth-order valence-electron chi connectivity index (χ4n) is 3.29. The van der Waals surface area contributed by atoms with Gasteiger partial charge in [0.05, 0.1) is 0 Å². The minimum absolute atomic E-state index is 0.465. The summed E-state index contributed by atoms with van der Waals surface area (Å²) < 4.78 is 2.01. The largest absolute Gasteiger partial charge is 0.381 e. The molecule has 2 aliphatic rings. The molecule has 2 aliphatic carbocycles. The summed E-state index contributed by atoms with van der Waals surface area (Å²) in [6, 6.07) is 0. The first kappa shape index (κ1) is 8.50. The lowest BCUT2D eigenvalue weighted by Gasteiger charge is -2.01. The molecule has 82 valence electrons. The first-order valence-electron chi connectivity index (χ1n) is 5.81. The number of nitrogen functional groups attached to an aromatic ring is 1. The van der Waals surface area contributed by atoms with Crippen LogP contribution in [0.15, 0.2) is 12.4 Å². The third kappa shape index (κ3) is 0.930. The molecule has 16 heavy (non-hydrogen) atoms. The predicted molar refractivity (Wildman–Crippen MR) is 58.8 cm³/mol. The van der Waals surface area contributed by atoms with Gasteiger partial charge in [0, 0.05) is 18.3 Å². The summed E-state index contributed by atoms with van der Waals surface area (Å²) >= 11 is 0. The molecule has 0 radical (unpaired) electrons. The molecule has 5 heteroatoms. The highest BCUT2D eigenvalue weighted by Crippen LogP contribution is 2.62. The van der Waals surface area contributed by atoms with Gasteiger partial charge in [-0.05, 0) is 24.7 Å². The van der Waals surface area contributed by atoms with Gasteiger partial charge in [0.25, 0.3) is 0 Å². The summed E-state index contributed by atoms with van der Waals surface area (Å²) in [6.07, 6.45) is 7.71. The molecule has 2 fully saturated rings. The topological polar surface area (TPSA) is 69.1 Å². The zero-order valence-electron chi connectivity index (χ0n) is 8.87. The highest BCUT2D eigenvalue weighted by molar-refractivity contribution is 5.58. The summed E-state index contributed by atoms with van der Waals surface area (Å²) in [5.41, 5.74) is 6.47. The maximum Gasteiger partial charge on any atom is 0.203 e. The van der Waals surface area contributed by atoms with Crippen molar-refractivity contribution in [3.05, 3.63) is 18.2 Å². The van der Waals surface area contributed by atoms with Gasteiger partial charge in [-0.15, -0.1) is 10.2 Å². The molecule has 0 aromatic carbocycles. The Hall–Kier alpha value is -1.65. The van der Waals surface area contributed by atoms with Crippen molar-refractivity contribution in [2.24, 2.45) is 11.8 Å². The lowest BCUT2D eigenvalue weighted by molar-refractivity contribution is 0.653. The van der Waals surface area contributed by atoms with Crippen LogP contribution in [0, 0.1) is 11.8 Å². The number of aromatic nitrogens is 4. The standard InChI is InChI=1S/C11H13N5/c12-9-11-15-14-10(16(11)5-4-13-9)8-6-2-1-3-7(6)8/h4-8H,1-3H2,(H2,12,13)/t6-,7+,8-. The van der Waals surface area contributed by atoms with Crippen molar-refractivity contribution in [1.82, 2.24) is 19.6 Å². The quantitative estimate of drug-likeness (QED) is 0.776. The van der Waals surface area contributed by atoms with Crippen LogP contribution in [0.5, 0.6) is 0 Å². The van der Waals surface area contributed by atoms with E-state index in [4.69, 9.17) is 5.73 Å². The van der Waals surface area contributed by atoms with Crippen LogP contribution in [0.4, 0.5) is 5.82 Å². The van der Waals surface area contributed by atoms with Gasteiger partial charge in [-0.2, -0.15) is 0 Å². The molecule has 5 nitrogen and oxygen atoms in total. The second kappa shape index (κ2) is 2.72. The van der Waals surface area contributed by atoms with Gasteiger partial charge in [0.2, 0.25) is 5.65 Å². The first-order valence-corrected chi connectivity index (χ1v) is 5.81. The molecule has 2 saturated carbocycles. The van der Waals surface area contributed by atoms with Crippen LogP contribution in [0.2, 0.25) is 0 Å². The van der Waals surface area contributed by atoms with E-state index in [0.29, 0.717) is 17.4 Å². The molecule has 2 aromatic heterocycles. The van der Waals surface area contributed by atoms with Crippen molar-refractivity contribution >= 4 is 11.5 Å². The molecule has 0 amide bonds. The van der Waals surface area contributed by atoms with Crippen LogP contribution in [-0.4, -0.2) is 19.6 Å². The summed E-state index contributed by atoms with van der Waals surface area (Å²) in [6.45, 7) is 0. The Labute approximate surface area is 92.7 Å². The van der Waals surface area contributed by atoms with Gasteiger partial charge >= 0.3 is 0 Å². The normalized spacial score (nSPS) is 31.9. The average Bonchev–Trinajstić information content (AvgIpc) is 2.73. The average molecular weight is 215 g/mol. The van der Waals surface area contributed by atoms with E-state index in [1.165, 1.54) is 19.3 Å². The zero-order chi connectivity index (χ0) is 10.7. The van der Waals surface area contributed by atoms with Crippen LogP contribution in [0.1, 0.15) is 31.0 Å². The Morgan fingerprint density at radius 3 is 2.88 bits per heavy atom. The monoisotopic (exact) mass is 215 g/mol. The zero-order valence-corrected chi connectivity index (χ0v) is 8.87. The van der Waals surface area contributed by atoms with Crippen molar-refractivity contribution in [2.75, 3.05) is 5.73 Å². The Kier molecular flexibility index (Phi) is 1.45. The van der Waals surface area contributed by atoms with E-state index >= 15 is 0 Å². The molecule has 0 bridgehead atoms. The van der Waals surface area contributed by atoms with E-state index in [-0.39, 0.29) is 0 Å². The molecular formula is C11H13N5. The van der Waals surface area contributed by atoms with E-state index in [1.54, 1.807) is 6.20 Å². The Bertz CT molecular complexity index is 551. The highest BCUT2D eigenvalue weighted by atomic mass is 15.3. The minimum Gasteiger partial charge on any atom is -0.381 e. The van der Waals surface area contributed by atoms with E-state index in [1.807, 2.05) is 10.6 Å². The van der Waals surface area contributed by atoms with Crippen molar-refractivity contribution < 1.29 is 0 Å². The summed E-state index contributed by atoms with van der Waals surface area (Å²) in [5.74, 6) is 3.86. The van der Waals surface area contributed by atoms with Crippen LogP contribution in [-0.2, 0) is 0 Å². The third-order valence-corrected chi connectivity index (χ3v) is 4.09.